The van der Waals surface area contributed by atoms with E-state index in [9.17, 15) is 14.4 Å². The maximum Gasteiger partial charge on any atom is 0.308 e. The van der Waals surface area contributed by atoms with Crippen molar-refractivity contribution in [2.75, 3.05) is 20.2 Å². The van der Waals surface area contributed by atoms with Crippen molar-refractivity contribution in [3.8, 4) is 0 Å². The van der Waals surface area contributed by atoms with Crippen molar-refractivity contribution < 1.29 is 19.1 Å². The van der Waals surface area contributed by atoms with Gasteiger partial charge in [-0.2, -0.15) is 11.3 Å². The molecule has 0 spiro atoms. The van der Waals surface area contributed by atoms with Gasteiger partial charge in [0, 0.05) is 20.1 Å². The molecule has 0 saturated carbocycles. The quantitative estimate of drug-likeness (QED) is 0.681. The summed E-state index contributed by atoms with van der Waals surface area (Å²) in [5, 5.41) is 6.58. The van der Waals surface area contributed by atoms with Crippen LogP contribution in [0.4, 0.5) is 0 Å². The first-order chi connectivity index (χ1) is 12.5. The molecule has 0 atom stereocenters. The average molecular weight is 374 g/mol. The Labute approximate surface area is 156 Å². The zero-order chi connectivity index (χ0) is 18.8. The van der Waals surface area contributed by atoms with Gasteiger partial charge < -0.3 is 15.0 Å². The number of nitrogens with one attached hydrogen (secondary N) is 1. The molecular formula is C19H22N2O4S. The Morgan fingerprint density at radius 3 is 2.58 bits per heavy atom. The zero-order valence-electron chi connectivity index (χ0n) is 14.6. The lowest BCUT2D eigenvalue weighted by atomic mass is 10.1. The molecule has 6 nitrogen and oxygen atoms in total. The number of rotatable bonds is 9. The Morgan fingerprint density at radius 2 is 1.88 bits per heavy atom. The second-order valence-corrected chi connectivity index (χ2v) is 6.58. The topological polar surface area (TPSA) is 75.7 Å². The summed E-state index contributed by atoms with van der Waals surface area (Å²) >= 11 is 1.57. The molecule has 2 rings (SSSR count). The van der Waals surface area contributed by atoms with Gasteiger partial charge in [-0.05, 0) is 28.0 Å². The molecule has 1 heterocycles. The van der Waals surface area contributed by atoms with Crippen LogP contribution in [0.5, 0.6) is 0 Å². The highest BCUT2D eigenvalue weighted by atomic mass is 32.1. The third kappa shape index (κ3) is 7.06. The summed E-state index contributed by atoms with van der Waals surface area (Å²) in [6.45, 7) is 0.371. The summed E-state index contributed by atoms with van der Waals surface area (Å²) in [6.07, 6.45) is 0.295. The molecule has 7 heteroatoms. The third-order valence-corrected chi connectivity index (χ3v) is 4.37. The van der Waals surface area contributed by atoms with E-state index in [1.165, 1.54) is 4.90 Å². The molecule has 2 amide bonds. The van der Waals surface area contributed by atoms with Crippen LogP contribution in [-0.4, -0.2) is 42.9 Å². The molecule has 1 N–H and O–H groups in total. The maximum absolute atomic E-state index is 11.9. The van der Waals surface area contributed by atoms with Crippen LogP contribution in [0.1, 0.15) is 17.5 Å². The number of ether oxygens (including phenoxy) is 1. The van der Waals surface area contributed by atoms with Crippen LogP contribution in [0.25, 0.3) is 0 Å². The second-order valence-electron chi connectivity index (χ2n) is 5.80. The fourth-order valence-electron chi connectivity index (χ4n) is 2.22. The number of benzene rings is 1. The number of nitrogens with zero attached hydrogens (tertiary/aromatic N) is 1. The van der Waals surface area contributed by atoms with E-state index in [0.717, 1.165) is 11.1 Å². The van der Waals surface area contributed by atoms with Crippen molar-refractivity contribution in [3.63, 3.8) is 0 Å². The number of likely N-dealkylation sites (N-methyl/N-ethyl adjacent to an activating group) is 1. The number of carbonyl (C=O) groups excluding carboxylic acids is 3. The van der Waals surface area contributed by atoms with Gasteiger partial charge in [0.2, 0.25) is 5.91 Å². The number of hydrogen-bond acceptors (Lipinski definition) is 5. The number of thiophene rings is 1. The molecule has 0 aliphatic heterocycles. The fraction of sp³-hybridized carbons (Fsp3) is 0.316. The van der Waals surface area contributed by atoms with Crippen LogP contribution in [0.3, 0.4) is 0 Å². The maximum atomic E-state index is 11.9. The van der Waals surface area contributed by atoms with Gasteiger partial charge in [0.05, 0.1) is 12.8 Å². The smallest absolute Gasteiger partial charge is 0.308 e. The highest BCUT2D eigenvalue weighted by Crippen LogP contribution is 2.08. The van der Waals surface area contributed by atoms with Crippen LogP contribution in [0.15, 0.2) is 47.2 Å². The van der Waals surface area contributed by atoms with Gasteiger partial charge in [-0.25, -0.2) is 0 Å². The molecule has 26 heavy (non-hydrogen) atoms. The highest BCUT2D eigenvalue weighted by Gasteiger charge is 2.13. The lowest BCUT2D eigenvalue weighted by molar-refractivity contribution is -0.151. The van der Waals surface area contributed by atoms with E-state index in [-0.39, 0.29) is 37.8 Å². The van der Waals surface area contributed by atoms with Gasteiger partial charge in [0.25, 0.3) is 5.91 Å². The van der Waals surface area contributed by atoms with Crippen molar-refractivity contribution in [2.45, 2.75) is 19.4 Å². The Morgan fingerprint density at radius 1 is 1.12 bits per heavy atom. The molecule has 138 valence electrons. The molecule has 0 saturated heterocycles. The molecule has 1 aromatic heterocycles. The van der Waals surface area contributed by atoms with Crippen molar-refractivity contribution >= 4 is 29.1 Å². The van der Waals surface area contributed by atoms with Crippen LogP contribution < -0.4 is 5.32 Å². The minimum absolute atomic E-state index is 0.0298. The Kier molecular flexibility index (Phi) is 7.82. The Bertz CT molecular complexity index is 716. The highest BCUT2D eigenvalue weighted by molar-refractivity contribution is 7.07. The first kappa shape index (κ1) is 19.7. The van der Waals surface area contributed by atoms with E-state index in [1.54, 1.807) is 18.4 Å². The van der Waals surface area contributed by atoms with Crippen molar-refractivity contribution in [2.24, 2.45) is 0 Å². The lowest BCUT2D eigenvalue weighted by Gasteiger charge is -2.16. The summed E-state index contributed by atoms with van der Waals surface area (Å²) < 4.78 is 4.97. The minimum atomic E-state index is -0.512. The van der Waals surface area contributed by atoms with E-state index in [1.807, 2.05) is 47.2 Å². The molecular weight excluding hydrogens is 352 g/mol. The largest absolute Gasteiger partial charge is 0.456 e. The van der Waals surface area contributed by atoms with Crippen LogP contribution in [0, 0.1) is 0 Å². The Balaban J connectivity index is 1.59. The van der Waals surface area contributed by atoms with Gasteiger partial charge in [-0.1, -0.05) is 30.3 Å². The molecule has 0 aliphatic carbocycles. The molecule has 0 fully saturated rings. The van der Waals surface area contributed by atoms with Crippen LogP contribution in [-0.2, 0) is 32.1 Å². The number of esters is 1. The number of hydrogen-bond donors (Lipinski definition) is 1. The summed E-state index contributed by atoms with van der Waals surface area (Å²) in [5.41, 5.74) is 1.95. The molecule has 0 radical (unpaired) electrons. The van der Waals surface area contributed by atoms with Crippen LogP contribution in [0.2, 0.25) is 0 Å². The summed E-state index contributed by atoms with van der Waals surface area (Å²) in [5.74, 6) is -0.935. The predicted molar refractivity (Wildman–Crippen MR) is 99.5 cm³/mol. The van der Waals surface area contributed by atoms with Crippen LogP contribution >= 0.6 is 11.3 Å². The van der Waals surface area contributed by atoms with Crippen molar-refractivity contribution in [1.29, 1.82) is 0 Å². The van der Waals surface area contributed by atoms with Gasteiger partial charge in [0.1, 0.15) is 0 Å². The average Bonchev–Trinajstić information content (AvgIpc) is 3.13. The summed E-state index contributed by atoms with van der Waals surface area (Å²) in [6, 6.07) is 11.3. The van der Waals surface area contributed by atoms with E-state index in [2.05, 4.69) is 5.32 Å². The molecule has 0 aliphatic rings. The van der Waals surface area contributed by atoms with Gasteiger partial charge >= 0.3 is 5.97 Å². The second kappa shape index (κ2) is 10.4. The normalized spacial score (nSPS) is 10.2. The van der Waals surface area contributed by atoms with E-state index in [4.69, 9.17) is 4.74 Å². The number of amides is 2. The van der Waals surface area contributed by atoms with Gasteiger partial charge in [-0.3, -0.25) is 14.4 Å². The molecule has 0 unspecified atom stereocenters. The Hall–Kier alpha value is -2.67. The van der Waals surface area contributed by atoms with Crippen molar-refractivity contribution in [1.82, 2.24) is 10.2 Å². The van der Waals surface area contributed by atoms with E-state index in [0.29, 0.717) is 6.54 Å². The van der Waals surface area contributed by atoms with Gasteiger partial charge in [0.15, 0.2) is 6.61 Å². The molecule has 1 aromatic carbocycles. The third-order valence-electron chi connectivity index (χ3n) is 3.64. The monoisotopic (exact) mass is 374 g/mol. The van der Waals surface area contributed by atoms with E-state index >= 15 is 0 Å². The first-order valence-electron chi connectivity index (χ1n) is 8.26. The standard InChI is InChI=1S/C19H22N2O4S/c1-21(12-16-8-10-26-14-16)18(23)13-25-19(24)7-9-20-17(22)11-15-5-3-2-4-6-15/h2-6,8,10,14H,7,9,11-13H2,1H3,(H,20,22). The SMILES string of the molecule is CN(Cc1ccsc1)C(=O)COC(=O)CCNC(=O)Cc1ccccc1. The van der Waals surface area contributed by atoms with Gasteiger partial charge in [-0.15, -0.1) is 0 Å². The lowest BCUT2D eigenvalue weighted by Crippen LogP contribution is -2.32. The minimum Gasteiger partial charge on any atom is -0.456 e. The predicted octanol–water partition coefficient (Wildman–Crippen LogP) is 2.00. The fourth-order valence-corrected chi connectivity index (χ4v) is 2.88. The zero-order valence-corrected chi connectivity index (χ0v) is 15.5. The molecule has 0 bridgehead atoms. The summed E-state index contributed by atoms with van der Waals surface area (Å²) in [7, 11) is 1.66. The van der Waals surface area contributed by atoms with E-state index < -0.39 is 5.97 Å². The summed E-state index contributed by atoms with van der Waals surface area (Å²) in [4.78, 5) is 36.9. The molecule has 2 aromatic rings. The number of carbonyl (C=O) groups is 3. The van der Waals surface area contributed by atoms with Crippen molar-refractivity contribution in [3.05, 3.63) is 58.3 Å². The first-order valence-corrected chi connectivity index (χ1v) is 9.20.